The van der Waals surface area contributed by atoms with E-state index < -0.39 is 7.82 Å². The minimum Gasteiger partial charge on any atom is -0.497 e. The van der Waals surface area contributed by atoms with Crippen molar-refractivity contribution in [2.24, 2.45) is 0 Å². The normalized spacial score (nSPS) is 12.7. The molecule has 2 N–H and O–H groups in total. The highest BCUT2D eigenvalue weighted by Gasteiger charge is 2.25. The number of benzene rings is 2. The summed E-state index contributed by atoms with van der Waals surface area (Å²) in [4.78, 5) is 18.6. The summed E-state index contributed by atoms with van der Waals surface area (Å²) in [5.74, 6) is 1.67. The molecule has 152 valence electrons. The van der Waals surface area contributed by atoms with E-state index in [1.165, 1.54) is 31.2 Å². The van der Waals surface area contributed by atoms with E-state index in [4.69, 9.17) is 23.5 Å². The fourth-order valence-corrected chi connectivity index (χ4v) is 3.30. The smallest absolute Gasteiger partial charge is 0.497 e. The number of nitrogens with zero attached hydrogens (tertiary/aromatic N) is 3. The van der Waals surface area contributed by atoms with Gasteiger partial charge in [0.1, 0.15) is 11.5 Å². The topological polar surface area (TPSA) is 134 Å². The fraction of sp³-hybridized carbons (Fsp3) is 0.176. The molecule has 0 unspecified atom stereocenters. The third kappa shape index (κ3) is 3.70. The summed E-state index contributed by atoms with van der Waals surface area (Å²) in [6.45, 7) is 0.0676. The molecule has 0 spiro atoms. The van der Waals surface area contributed by atoms with Crippen LogP contribution >= 0.6 is 7.82 Å². The molecule has 0 fully saturated rings. The molecular weight excluding hydrogens is 405 g/mol. The van der Waals surface area contributed by atoms with Crippen molar-refractivity contribution < 1.29 is 37.8 Å². The monoisotopic (exact) mass is 421 g/mol. The molecule has 29 heavy (non-hydrogen) atoms. The highest BCUT2D eigenvalue weighted by Crippen LogP contribution is 2.45. The fourth-order valence-electron chi connectivity index (χ4n) is 2.89. The maximum atomic E-state index is 11.4. The van der Waals surface area contributed by atoms with Crippen LogP contribution in [-0.2, 0) is 4.57 Å². The van der Waals surface area contributed by atoms with E-state index in [-0.39, 0.29) is 12.5 Å². The summed E-state index contributed by atoms with van der Waals surface area (Å²) in [5.41, 5.74) is 1.30. The molecule has 3 aromatic rings. The number of methoxy groups -OCH3 is 2. The van der Waals surface area contributed by atoms with Crippen molar-refractivity contribution in [1.82, 2.24) is 15.0 Å². The third-order valence-corrected chi connectivity index (χ3v) is 4.55. The lowest BCUT2D eigenvalue weighted by molar-refractivity contribution is 0.171. The van der Waals surface area contributed by atoms with Crippen molar-refractivity contribution in [3.63, 3.8) is 0 Å². The number of aromatic nitrogens is 3. The average molecular weight is 421 g/mol. The van der Waals surface area contributed by atoms with Gasteiger partial charge in [0, 0.05) is 23.8 Å². The number of phosphoric acid groups is 1. The highest BCUT2D eigenvalue weighted by atomic mass is 31.2. The van der Waals surface area contributed by atoms with Crippen LogP contribution in [0.4, 0.5) is 0 Å². The maximum absolute atomic E-state index is 11.4. The second-order valence-corrected chi connectivity index (χ2v) is 7.02. The zero-order valence-corrected chi connectivity index (χ0v) is 16.2. The summed E-state index contributed by atoms with van der Waals surface area (Å²) in [7, 11) is -1.89. The molecule has 0 bridgehead atoms. The first-order valence-electron chi connectivity index (χ1n) is 8.22. The Labute approximate surface area is 164 Å². The molecule has 0 atom stereocenters. The first-order chi connectivity index (χ1) is 13.9. The number of rotatable bonds is 6. The van der Waals surface area contributed by atoms with Crippen LogP contribution in [0.25, 0.3) is 16.9 Å². The van der Waals surface area contributed by atoms with Gasteiger partial charge in [0.15, 0.2) is 11.5 Å². The van der Waals surface area contributed by atoms with Gasteiger partial charge < -0.3 is 23.5 Å². The summed E-state index contributed by atoms with van der Waals surface area (Å²) in [6, 6.07) is 7.95. The summed E-state index contributed by atoms with van der Waals surface area (Å²) in [6.07, 6.45) is 1.44. The predicted octanol–water partition coefficient (Wildman–Crippen LogP) is 2.15. The lowest BCUT2D eigenvalue weighted by Crippen LogP contribution is -2.02. The van der Waals surface area contributed by atoms with Gasteiger partial charge in [-0.1, -0.05) is 5.21 Å². The lowest BCUT2D eigenvalue weighted by atomic mass is 10.1. The van der Waals surface area contributed by atoms with E-state index in [1.54, 1.807) is 24.3 Å². The number of hydrogen-bond donors (Lipinski definition) is 2. The van der Waals surface area contributed by atoms with Crippen LogP contribution in [0.1, 0.15) is 0 Å². The molecule has 11 nitrogen and oxygen atoms in total. The Morgan fingerprint density at radius 3 is 2.66 bits per heavy atom. The van der Waals surface area contributed by atoms with Gasteiger partial charge in [0.25, 0.3) is 0 Å². The predicted molar refractivity (Wildman–Crippen MR) is 98.7 cm³/mol. The van der Waals surface area contributed by atoms with E-state index in [1.807, 2.05) is 0 Å². The second-order valence-electron chi connectivity index (χ2n) is 5.86. The Hall–Kier alpha value is -3.27. The van der Waals surface area contributed by atoms with Gasteiger partial charge in [-0.25, -0.2) is 9.25 Å². The van der Waals surface area contributed by atoms with E-state index in [0.29, 0.717) is 39.9 Å². The van der Waals surface area contributed by atoms with Crippen molar-refractivity contribution in [3.05, 3.63) is 36.5 Å². The molecule has 1 aliphatic heterocycles. The Kier molecular flexibility index (Phi) is 4.79. The molecular formula is C17H16N3O8P. The quantitative estimate of drug-likeness (QED) is 0.570. The van der Waals surface area contributed by atoms with Gasteiger partial charge in [-0.2, -0.15) is 0 Å². The van der Waals surface area contributed by atoms with Crippen molar-refractivity contribution in [1.29, 1.82) is 0 Å². The summed E-state index contributed by atoms with van der Waals surface area (Å²) < 4.78 is 39.1. The van der Waals surface area contributed by atoms with E-state index in [9.17, 15) is 14.4 Å². The zero-order valence-electron chi connectivity index (χ0n) is 15.3. The Morgan fingerprint density at radius 1 is 1.10 bits per heavy atom. The van der Waals surface area contributed by atoms with Crippen LogP contribution in [0.5, 0.6) is 28.7 Å². The minimum atomic E-state index is -4.82. The number of ether oxygens (including phenoxy) is 4. The van der Waals surface area contributed by atoms with Crippen LogP contribution in [0.15, 0.2) is 36.5 Å². The van der Waals surface area contributed by atoms with Gasteiger partial charge in [-0.15, -0.1) is 5.10 Å². The van der Waals surface area contributed by atoms with Gasteiger partial charge in [-0.3, -0.25) is 9.79 Å². The molecule has 2 aromatic carbocycles. The molecule has 0 saturated heterocycles. The van der Waals surface area contributed by atoms with Gasteiger partial charge in [0.2, 0.25) is 12.5 Å². The van der Waals surface area contributed by atoms with Crippen molar-refractivity contribution in [3.8, 4) is 45.7 Å². The van der Waals surface area contributed by atoms with Crippen LogP contribution in [0.3, 0.4) is 0 Å². The Bertz CT molecular complexity index is 1110. The molecule has 12 heteroatoms. The van der Waals surface area contributed by atoms with Gasteiger partial charge in [-0.05, 0) is 12.1 Å². The molecule has 0 amide bonds. The molecule has 2 heterocycles. The van der Waals surface area contributed by atoms with Crippen molar-refractivity contribution in [2.75, 3.05) is 21.0 Å². The van der Waals surface area contributed by atoms with E-state index in [0.717, 1.165) is 0 Å². The summed E-state index contributed by atoms with van der Waals surface area (Å²) >= 11 is 0. The number of hydrogen-bond acceptors (Lipinski definition) is 8. The number of fused-ring (bicyclic) bond motifs is 1. The van der Waals surface area contributed by atoms with Crippen LogP contribution < -0.4 is 23.5 Å². The molecule has 0 aliphatic carbocycles. The maximum Gasteiger partial charge on any atom is 0.524 e. The molecule has 0 saturated carbocycles. The second kappa shape index (κ2) is 7.28. The largest absolute Gasteiger partial charge is 0.524 e. The molecule has 1 aromatic heterocycles. The molecule has 0 radical (unpaired) electrons. The first kappa shape index (κ1) is 19.1. The highest BCUT2D eigenvalue weighted by molar-refractivity contribution is 7.46. The lowest BCUT2D eigenvalue weighted by Gasteiger charge is -2.14. The van der Waals surface area contributed by atoms with Crippen molar-refractivity contribution in [2.45, 2.75) is 0 Å². The van der Waals surface area contributed by atoms with E-state index in [2.05, 4.69) is 10.3 Å². The molecule has 4 rings (SSSR count). The third-order valence-electron chi connectivity index (χ3n) is 4.12. The Morgan fingerprint density at radius 2 is 1.93 bits per heavy atom. The van der Waals surface area contributed by atoms with E-state index >= 15 is 0 Å². The van der Waals surface area contributed by atoms with Gasteiger partial charge >= 0.3 is 7.82 Å². The average Bonchev–Trinajstić information content (AvgIpc) is 3.35. The van der Waals surface area contributed by atoms with Crippen LogP contribution in [0, 0.1) is 0 Å². The summed E-state index contributed by atoms with van der Waals surface area (Å²) in [5, 5.41) is 8.00. The van der Waals surface area contributed by atoms with Crippen molar-refractivity contribution >= 4 is 7.82 Å². The SMILES string of the molecule is COc1ccc(-c2cnnn2-c2cc(OC)c3c(c2)OCO3)c(OP(=O)(O)O)c1. The standard InChI is InChI=1S/C17H16N3O8P/c1-24-11-3-4-12(14(7-11)28-29(21,22)23)13-8-18-19-20(13)10-5-15(25-2)17-16(6-10)26-9-27-17/h3-8H,9H2,1-2H3,(H2,21,22,23). The van der Waals surface area contributed by atoms with Crippen LogP contribution in [-0.4, -0.2) is 45.8 Å². The molecule has 1 aliphatic rings. The van der Waals surface area contributed by atoms with Gasteiger partial charge in [0.05, 0.1) is 31.8 Å². The Balaban J connectivity index is 1.85. The zero-order chi connectivity index (χ0) is 20.6. The number of phosphoric ester groups is 1. The van der Waals surface area contributed by atoms with Crippen LogP contribution in [0.2, 0.25) is 0 Å². The first-order valence-corrected chi connectivity index (χ1v) is 9.75. The minimum absolute atomic E-state index is 0.0676.